The Morgan fingerprint density at radius 2 is 1.83 bits per heavy atom. The van der Waals surface area contributed by atoms with Crippen LogP contribution in [0.2, 0.25) is 0 Å². The van der Waals surface area contributed by atoms with Gasteiger partial charge in [0.05, 0.1) is 12.0 Å². The first-order valence-electron chi connectivity index (χ1n) is 6.97. The fourth-order valence-corrected chi connectivity index (χ4v) is 3.12. The van der Waals surface area contributed by atoms with Crippen LogP contribution in [-0.4, -0.2) is 28.4 Å². The van der Waals surface area contributed by atoms with Crippen molar-refractivity contribution in [3.05, 3.63) is 64.1 Å². The van der Waals surface area contributed by atoms with Crippen molar-refractivity contribution in [1.29, 1.82) is 0 Å². The lowest BCUT2D eigenvalue weighted by atomic mass is 10.1. The van der Waals surface area contributed by atoms with Crippen LogP contribution in [0.25, 0.3) is 6.08 Å². The molecule has 7 heteroatoms. The lowest BCUT2D eigenvalue weighted by molar-refractivity contribution is 0.104. The smallest absolute Gasteiger partial charge is 0.240 e. The minimum Gasteiger partial charge on any atom is -0.496 e. The molecule has 0 atom stereocenters. The van der Waals surface area contributed by atoms with Gasteiger partial charge in [0.1, 0.15) is 5.75 Å². The fraction of sp³-hybridized carbons (Fsp3) is 0.118. The Kier molecular flexibility index (Phi) is 5.93. The molecular formula is C17H16BrNO4S. The van der Waals surface area contributed by atoms with E-state index in [-0.39, 0.29) is 10.7 Å². The Labute approximate surface area is 149 Å². The number of halogens is 1. The molecule has 1 N–H and O–H groups in total. The van der Waals surface area contributed by atoms with Crippen LogP contribution in [0.5, 0.6) is 5.75 Å². The highest BCUT2D eigenvalue weighted by atomic mass is 79.9. The van der Waals surface area contributed by atoms with Gasteiger partial charge in [-0.05, 0) is 61.7 Å². The second-order valence-corrected chi connectivity index (χ2v) is 7.62. The Bertz CT molecular complexity index is 874. The molecule has 0 radical (unpaired) electrons. The van der Waals surface area contributed by atoms with Crippen LogP contribution in [0.1, 0.15) is 15.9 Å². The monoisotopic (exact) mass is 409 g/mol. The highest BCUT2D eigenvalue weighted by molar-refractivity contribution is 9.10. The normalized spacial score (nSPS) is 11.6. The Morgan fingerprint density at radius 1 is 1.17 bits per heavy atom. The summed E-state index contributed by atoms with van der Waals surface area (Å²) in [4.78, 5) is 12.3. The van der Waals surface area contributed by atoms with Gasteiger partial charge in [0.25, 0.3) is 0 Å². The molecule has 0 amide bonds. The minimum absolute atomic E-state index is 0.110. The molecule has 0 aliphatic heterocycles. The molecule has 0 unspecified atom stereocenters. The summed E-state index contributed by atoms with van der Waals surface area (Å²) in [5, 5.41) is 0. The summed E-state index contributed by atoms with van der Waals surface area (Å²) >= 11 is 3.37. The van der Waals surface area contributed by atoms with E-state index in [1.807, 2.05) is 12.1 Å². The lowest BCUT2D eigenvalue weighted by Gasteiger charge is -2.05. The van der Waals surface area contributed by atoms with Gasteiger partial charge in [0.2, 0.25) is 10.0 Å². The quantitative estimate of drug-likeness (QED) is 0.586. The predicted octanol–water partition coefficient (Wildman–Crippen LogP) is 3.26. The van der Waals surface area contributed by atoms with Crippen molar-refractivity contribution in [3.63, 3.8) is 0 Å². The number of carbonyl (C=O) groups excluding carboxylic acids is 1. The van der Waals surface area contributed by atoms with Gasteiger partial charge >= 0.3 is 0 Å². The molecule has 0 aliphatic carbocycles. The molecular weight excluding hydrogens is 394 g/mol. The molecule has 0 bridgehead atoms. The van der Waals surface area contributed by atoms with E-state index >= 15 is 0 Å². The zero-order chi connectivity index (χ0) is 17.7. The molecule has 0 aliphatic rings. The molecule has 0 aromatic heterocycles. The Hall–Kier alpha value is -1.96. The molecule has 24 heavy (non-hydrogen) atoms. The van der Waals surface area contributed by atoms with Gasteiger partial charge in [0.15, 0.2) is 5.78 Å². The van der Waals surface area contributed by atoms with Crippen LogP contribution >= 0.6 is 15.9 Å². The van der Waals surface area contributed by atoms with E-state index in [0.29, 0.717) is 11.3 Å². The van der Waals surface area contributed by atoms with Gasteiger partial charge in [-0.15, -0.1) is 0 Å². The number of ether oxygens (including phenoxy) is 1. The lowest BCUT2D eigenvalue weighted by Crippen LogP contribution is -2.18. The number of carbonyl (C=O) groups is 1. The Balaban J connectivity index is 2.23. The van der Waals surface area contributed by atoms with Gasteiger partial charge in [0, 0.05) is 15.6 Å². The third-order valence-corrected chi connectivity index (χ3v) is 5.25. The number of sulfonamides is 1. The highest BCUT2D eigenvalue weighted by Gasteiger charge is 2.11. The van der Waals surface area contributed by atoms with Crippen molar-refractivity contribution in [2.45, 2.75) is 4.90 Å². The molecule has 0 saturated heterocycles. The molecule has 0 fully saturated rings. The number of rotatable bonds is 6. The second kappa shape index (κ2) is 7.74. The predicted molar refractivity (Wildman–Crippen MR) is 96.7 cm³/mol. The number of allylic oxidation sites excluding steroid dienone is 1. The molecule has 2 rings (SSSR count). The number of ketones is 1. The van der Waals surface area contributed by atoms with Crippen molar-refractivity contribution in [3.8, 4) is 5.75 Å². The first-order chi connectivity index (χ1) is 11.4. The Morgan fingerprint density at radius 3 is 2.42 bits per heavy atom. The van der Waals surface area contributed by atoms with Gasteiger partial charge in [-0.1, -0.05) is 15.9 Å². The SMILES string of the molecule is CNS(=O)(=O)c1ccc(C(=O)/C=C/c2cc(Br)ccc2OC)cc1. The average Bonchev–Trinajstić information content (AvgIpc) is 2.60. The molecule has 0 heterocycles. The molecule has 5 nitrogen and oxygen atoms in total. The summed E-state index contributed by atoms with van der Waals surface area (Å²) in [6, 6.07) is 11.2. The molecule has 2 aromatic rings. The summed E-state index contributed by atoms with van der Waals surface area (Å²) in [5.41, 5.74) is 1.16. The number of benzene rings is 2. The summed E-state index contributed by atoms with van der Waals surface area (Å²) < 4.78 is 31.7. The summed E-state index contributed by atoms with van der Waals surface area (Å²) in [5.74, 6) is 0.420. The zero-order valence-electron chi connectivity index (χ0n) is 13.1. The number of hydrogen-bond acceptors (Lipinski definition) is 4. The van der Waals surface area contributed by atoms with Crippen molar-refractivity contribution in [2.24, 2.45) is 0 Å². The third-order valence-electron chi connectivity index (χ3n) is 3.32. The van der Waals surface area contributed by atoms with E-state index in [0.717, 1.165) is 10.0 Å². The van der Waals surface area contributed by atoms with Crippen molar-refractivity contribution in [1.82, 2.24) is 4.72 Å². The summed E-state index contributed by atoms with van der Waals surface area (Å²) in [6.45, 7) is 0. The maximum absolute atomic E-state index is 12.2. The van der Waals surface area contributed by atoms with Crippen LogP contribution < -0.4 is 9.46 Å². The van der Waals surface area contributed by atoms with Crippen molar-refractivity contribution >= 4 is 37.8 Å². The van der Waals surface area contributed by atoms with Crippen molar-refractivity contribution < 1.29 is 17.9 Å². The maximum atomic E-state index is 12.2. The van der Waals surface area contributed by atoms with E-state index in [4.69, 9.17) is 4.74 Å². The van der Waals surface area contributed by atoms with E-state index in [9.17, 15) is 13.2 Å². The van der Waals surface area contributed by atoms with Gasteiger partial charge in [-0.25, -0.2) is 13.1 Å². The van der Waals surface area contributed by atoms with Gasteiger partial charge in [-0.2, -0.15) is 0 Å². The van der Waals surface area contributed by atoms with Crippen LogP contribution in [0.3, 0.4) is 0 Å². The largest absolute Gasteiger partial charge is 0.496 e. The first kappa shape index (κ1) is 18.4. The third kappa shape index (κ3) is 4.31. The topological polar surface area (TPSA) is 72.5 Å². The van der Waals surface area contributed by atoms with E-state index in [1.54, 1.807) is 19.3 Å². The van der Waals surface area contributed by atoms with Crippen molar-refractivity contribution in [2.75, 3.05) is 14.2 Å². The molecule has 126 valence electrons. The van der Waals surface area contributed by atoms with Crippen LogP contribution in [0, 0.1) is 0 Å². The van der Waals surface area contributed by atoms with E-state index < -0.39 is 10.0 Å². The highest BCUT2D eigenvalue weighted by Crippen LogP contribution is 2.24. The summed E-state index contributed by atoms with van der Waals surface area (Å²) in [7, 11) is -0.616. The van der Waals surface area contributed by atoms with E-state index in [2.05, 4.69) is 20.7 Å². The average molecular weight is 410 g/mol. The standard InChI is InChI=1S/C17H16BrNO4S/c1-19-24(21,22)15-7-3-12(4-8-15)16(20)9-5-13-11-14(18)6-10-17(13)23-2/h3-11,19H,1-2H3/b9-5+. The second-order valence-electron chi connectivity index (χ2n) is 4.82. The van der Waals surface area contributed by atoms with Gasteiger partial charge in [-0.3, -0.25) is 4.79 Å². The van der Waals surface area contributed by atoms with Crippen LogP contribution in [-0.2, 0) is 10.0 Å². The number of nitrogens with one attached hydrogen (secondary N) is 1. The maximum Gasteiger partial charge on any atom is 0.240 e. The zero-order valence-corrected chi connectivity index (χ0v) is 15.5. The number of hydrogen-bond donors (Lipinski definition) is 1. The van der Waals surface area contributed by atoms with Crippen LogP contribution in [0.15, 0.2) is 57.9 Å². The van der Waals surface area contributed by atoms with Gasteiger partial charge < -0.3 is 4.74 Å². The van der Waals surface area contributed by atoms with Crippen LogP contribution in [0.4, 0.5) is 0 Å². The fourth-order valence-electron chi connectivity index (χ4n) is 2.01. The summed E-state index contributed by atoms with van der Waals surface area (Å²) in [6.07, 6.45) is 3.08. The molecule has 0 spiro atoms. The minimum atomic E-state index is -3.51. The van der Waals surface area contributed by atoms with E-state index in [1.165, 1.54) is 37.4 Å². The molecule has 2 aromatic carbocycles. The molecule has 0 saturated carbocycles. The first-order valence-corrected chi connectivity index (χ1v) is 9.24. The number of methoxy groups -OCH3 is 1.